The Kier molecular flexibility index (Phi) is 6.72. The smallest absolute Gasteiger partial charge is 0.107 e. The molecule has 0 amide bonds. The highest BCUT2D eigenvalue weighted by molar-refractivity contribution is 7.16. The van der Waals surface area contributed by atoms with E-state index in [-0.39, 0.29) is 6.23 Å². The maximum Gasteiger partial charge on any atom is 0.107 e. The highest BCUT2D eigenvalue weighted by Crippen LogP contribution is 1.89. The Morgan fingerprint density at radius 2 is 2.33 bits per heavy atom. The number of methoxy groups -OCH3 is 1. The lowest BCUT2D eigenvalue weighted by Gasteiger charge is -2.13. The van der Waals surface area contributed by atoms with E-state index in [1.165, 1.54) is 0 Å². The van der Waals surface area contributed by atoms with Gasteiger partial charge in [0.2, 0.25) is 0 Å². The number of rotatable bonds is 5. The third kappa shape index (κ3) is 4.83. The third-order valence-electron chi connectivity index (χ3n) is 1.17. The van der Waals surface area contributed by atoms with Crippen molar-refractivity contribution in [3.8, 4) is 0 Å². The summed E-state index contributed by atoms with van der Waals surface area (Å²) in [5.41, 5.74) is 0. The van der Waals surface area contributed by atoms with Crippen LogP contribution in [0.15, 0.2) is 0 Å². The second-order valence-electron chi connectivity index (χ2n) is 1.88. The summed E-state index contributed by atoms with van der Waals surface area (Å²) in [4.78, 5) is 0. The van der Waals surface area contributed by atoms with Crippen molar-refractivity contribution in [2.24, 2.45) is 0 Å². The summed E-state index contributed by atoms with van der Waals surface area (Å²) in [5, 5.41) is 3.23. The topological polar surface area (TPSA) is 21.3 Å². The molecule has 0 aliphatic rings. The van der Waals surface area contributed by atoms with Crippen LogP contribution in [0.5, 0.6) is 0 Å². The van der Waals surface area contributed by atoms with Crippen LogP contribution in [-0.2, 0) is 4.74 Å². The molecule has 0 aromatic carbocycles. The van der Waals surface area contributed by atoms with E-state index < -0.39 is 0 Å². The minimum absolute atomic E-state index is 0.241. The molecule has 3 heteroatoms. The molecular weight excluding hydrogens is 133 g/mol. The Bertz CT molecular complexity index is 57.0. The lowest BCUT2D eigenvalue weighted by molar-refractivity contribution is 0.0729. The predicted octanol–water partition coefficient (Wildman–Crippen LogP) is 0.834. The third-order valence-corrected chi connectivity index (χ3v) is 1.46. The molecule has 9 heavy (non-hydrogen) atoms. The van der Waals surface area contributed by atoms with Gasteiger partial charge in [0.05, 0.1) is 0 Å². The van der Waals surface area contributed by atoms with Gasteiger partial charge >= 0.3 is 0 Å². The predicted molar refractivity (Wildman–Crippen MR) is 43.7 cm³/mol. The second-order valence-corrected chi connectivity index (χ2v) is 2.45. The van der Waals surface area contributed by atoms with Crippen LogP contribution in [0.3, 0.4) is 0 Å². The molecule has 0 rings (SSSR count). The van der Waals surface area contributed by atoms with Crippen LogP contribution in [0.2, 0.25) is 0 Å². The van der Waals surface area contributed by atoms with Gasteiger partial charge in [0.1, 0.15) is 6.23 Å². The molecule has 0 aliphatic heterocycles. The maximum atomic E-state index is 5.08. The number of ether oxygens (including phenoxy) is 1. The molecular formula is C6H16NOP. The summed E-state index contributed by atoms with van der Waals surface area (Å²) in [6.45, 7) is 3.11. The van der Waals surface area contributed by atoms with E-state index in [9.17, 15) is 0 Å². The van der Waals surface area contributed by atoms with E-state index in [1.807, 2.05) is 0 Å². The summed E-state index contributed by atoms with van der Waals surface area (Å²) in [5.74, 6) is 0. The van der Waals surface area contributed by atoms with Crippen LogP contribution in [0.25, 0.3) is 0 Å². The molecule has 0 spiro atoms. The van der Waals surface area contributed by atoms with Crippen molar-refractivity contribution < 1.29 is 4.74 Å². The number of hydrogen-bond donors (Lipinski definition) is 1. The van der Waals surface area contributed by atoms with E-state index in [1.54, 1.807) is 7.11 Å². The Morgan fingerprint density at radius 1 is 1.67 bits per heavy atom. The monoisotopic (exact) mass is 149 g/mol. The fraction of sp³-hybridized carbons (Fsp3) is 1.00. The van der Waals surface area contributed by atoms with E-state index in [0.717, 1.165) is 19.1 Å². The van der Waals surface area contributed by atoms with Crippen molar-refractivity contribution in [3.05, 3.63) is 0 Å². The van der Waals surface area contributed by atoms with E-state index in [0.29, 0.717) is 0 Å². The first-order valence-electron chi connectivity index (χ1n) is 3.31. The summed E-state index contributed by atoms with van der Waals surface area (Å²) in [6.07, 6.45) is 2.35. The summed E-state index contributed by atoms with van der Waals surface area (Å²) >= 11 is 0. The molecule has 0 radical (unpaired) electrons. The zero-order valence-electron chi connectivity index (χ0n) is 6.18. The van der Waals surface area contributed by atoms with Gasteiger partial charge < -0.3 is 4.74 Å². The zero-order valence-corrected chi connectivity index (χ0v) is 7.34. The molecule has 0 aliphatic carbocycles. The zero-order chi connectivity index (χ0) is 7.11. The first-order valence-corrected chi connectivity index (χ1v) is 4.13. The van der Waals surface area contributed by atoms with Gasteiger partial charge in [0.15, 0.2) is 0 Å². The van der Waals surface area contributed by atoms with Gasteiger partial charge in [-0.3, -0.25) is 5.32 Å². The van der Waals surface area contributed by atoms with Gasteiger partial charge in [-0.25, -0.2) is 0 Å². The molecule has 1 N–H and O–H groups in total. The Morgan fingerprint density at radius 3 is 2.67 bits per heavy atom. The molecule has 56 valence electrons. The molecule has 0 bridgehead atoms. The number of hydrogen-bond acceptors (Lipinski definition) is 2. The largest absolute Gasteiger partial charge is 0.367 e. The first-order chi connectivity index (χ1) is 4.35. The van der Waals surface area contributed by atoms with Gasteiger partial charge in [0.25, 0.3) is 0 Å². The molecule has 0 fully saturated rings. The average Bonchev–Trinajstić information content (AvgIpc) is 1.91. The summed E-state index contributed by atoms with van der Waals surface area (Å²) in [6, 6.07) is 0. The quantitative estimate of drug-likeness (QED) is 0.462. The highest BCUT2D eigenvalue weighted by Gasteiger charge is 1.98. The first kappa shape index (κ1) is 9.35. The van der Waals surface area contributed by atoms with Crippen LogP contribution in [0.1, 0.15) is 13.3 Å². The van der Waals surface area contributed by atoms with Crippen LogP contribution in [0, 0.1) is 0 Å². The van der Waals surface area contributed by atoms with Crippen molar-refractivity contribution in [2.75, 3.05) is 19.8 Å². The minimum Gasteiger partial charge on any atom is -0.367 e. The van der Waals surface area contributed by atoms with Crippen LogP contribution >= 0.6 is 9.24 Å². The molecule has 0 aromatic heterocycles. The molecule has 0 heterocycles. The van der Waals surface area contributed by atoms with Crippen molar-refractivity contribution in [3.63, 3.8) is 0 Å². The maximum absolute atomic E-state index is 5.08. The van der Waals surface area contributed by atoms with Crippen molar-refractivity contribution in [2.45, 2.75) is 19.6 Å². The fourth-order valence-electron chi connectivity index (χ4n) is 0.639. The molecule has 2 atom stereocenters. The van der Waals surface area contributed by atoms with Gasteiger partial charge in [-0.1, -0.05) is 6.92 Å². The fourth-order valence-corrected chi connectivity index (χ4v) is 0.805. The molecule has 2 nitrogen and oxygen atoms in total. The standard InChI is InChI=1S/C6H16NOP/c1-3-6(8-2)7-4-5-9/h6-7H,3-5,9H2,1-2H3. The van der Waals surface area contributed by atoms with Gasteiger partial charge in [-0.15, -0.1) is 9.24 Å². The van der Waals surface area contributed by atoms with Crippen LogP contribution in [0.4, 0.5) is 0 Å². The molecule has 0 saturated heterocycles. The van der Waals surface area contributed by atoms with E-state index in [2.05, 4.69) is 21.5 Å². The number of nitrogens with one attached hydrogen (secondary N) is 1. The minimum atomic E-state index is 0.241. The summed E-state index contributed by atoms with van der Waals surface area (Å²) < 4.78 is 5.08. The van der Waals surface area contributed by atoms with Gasteiger partial charge in [0, 0.05) is 13.7 Å². The van der Waals surface area contributed by atoms with Crippen molar-refractivity contribution in [1.29, 1.82) is 0 Å². The lowest BCUT2D eigenvalue weighted by Crippen LogP contribution is -2.31. The highest BCUT2D eigenvalue weighted by atomic mass is 31.0. The van der Waals surface area contributed by atoms with Gasteiger partial charge in [-0.2, -0.15) is 0 Å². The van der Waals surface area contributed by atoms with Crippen molar-refractivity contribution in [1.82, 2.24) is 5.32 Å². The van der Waals surface area contributed by atoms with E-state index >= 15 is 0 Å². The van der Waals surface area contributed by atoms with E-state index in [4.69, 9.17) is 4.74 Å². The Labute approximate surface area is 59.6 Å². The van der Waals surface area contributed by atoms with Crippen LogP contribution in [-0.4, -0.2) is 26.0 Å². The molecule has 0 aromatic rings. The van der Waals surface area contributed by atoms with Gasteiger partial charge in [-0.05, 0) is 12.6 Å². The summed E-state index contributed by atoms with van der Waals surface area (Å²) in [7, 11) is 4.39. The van der Waals surface area contributed by atoms with Crippen LogP contribution < -0.4 is 5.32 Å². The average molecular weight is 149 g/mol. The molecule has 0 saturated carbocycles. The second kappa shape index (κ2) is 6.47. The Balaban J connectivity index is 3.09. The lowest BCUT2D eigenvalue weighted by atomic mass is 10.4. The molecule has 2 unspecified atom stereocenters. The SMILES string of the molecule is CCC(NCCP)OC. The normalized spacial score (nSPS) is 13.7. The van der Waals surface area contributed by atoms with Crippen molar-refractivity contribution >= 4 is 9.24 Å². The Hall–Kier alpha value is 0.350.